The van der Waals surface area contributed by atoms with Crippen LogP contribution in [0.4, 0.5) is 0 Å². The highest BCUT2D eigenvalue weighted by Gasteiger charge is 2.20. The highest BCUT2D eigenvalue weighted by Crippen LogP contribution is 2.36. The van der Waals surface area contributed by atoms with E-state index >= 15 is 0 Å². The fourth-order valence-corrected chi connectivity index (χ4v) is 2.54. The fraction of sp³-hybridized carbons (Fsp3) is 0. The lowest BCUT2D eigenvalue weighted by Crippen LogP contribution is -1.99. The number of fused-ring (bicyclic) bond motifs is 1. The van der Waals surface area contributed by atoms with Crippen LogP contribution in [-0.4, -0.2) is 30.9 Å². The van der Waals surface area contributed by atoms with E-state index in [1.807, 2.05) is 0 Å². The van der Waals surface area contributed by atoms with Crippen molar-refractivity contribution in [3.05, 3.63) is 39.6 Å². The van der Waals surface area contributed by atoms with Gasteiger partial charge >= 0.3 is 0 Å². The van der Waals surface area contributed by atoms with Crippen LogP contribution in [0.5, 0.6) is 0 Å². The van der Waals surface area contributed by atoms with Crippen molar-refractivity contribution in [2.45, 2.75) is 0 Å². The highest BCUT2D eigenvalue weighted by molar-refractivity contribution is 6.40. The van der Waals surface area contributed by atoms with Gasteiger partial charge in [0.25, 0.3) is 0 Å². The van der Waals surface area contributed by atoms with Crippen LogP contribution in [0.2, 0.25) is 15.3 Å². The largest absolute Gasteiger partial charge is 0.298 e. The first-order valence-corrected chi connectivity index (χ1v) is 6.40. The molecule has 0 saturated carbocycles. The van der Waals surface area contributed by atoms with Crippen LogP contribution >= 0.6 is 34.8 Å². The molecule has 0 atom stereocenters. The Morgan fingerprint density at radius 3 is 2.70 bits per heavy atom. The molecule has 3 aromatic heterocycles. The summed E-state index contributed by atoms with van der Waals surface area (Å²) < 4.78 is 1.30. The minimum atomic E-state index is 0.0756. The third-order valence-electron chi connectivity index (χ3n) is 2.61. The number of rotatable bonds is 2. The maximum atomic E-state index is 10.9. The second-order valence-electron chi connectivity index (χ2n) is 3.74. The summed E-state index contributed by atoms with van der Waals surface area (Å²) in [6, 6.07) is 0. The highest BCUT2D eigenvalue weighted by atomic mass is 35.5. The van der Waals surface area contributed by atoms with Gasteiger partial charge in [0, 0.05) is 6.20 Å². The van der Waals surface area contributed by atoms with Gasteiger partial charge in [-0.05, 0) is 0 Å². The molecule has 0 amide bonds. The first-order chi connectivity index (χ1) is 9.63. The van der Waals surface area contributed by atoms with Crippen molar-refractivity contribution >= 4 is 46.7 Å². The zero-order valence-corrected chi connectivity index (χ0v) is 11.9. The average molecular weight is 329 g/mol. The van der Waals surface area contributed by atoms with Gasteiger partial charge in [-0.3, -0.25) is 4.79 Å². The Hall–Kier alpha value is -1.76. The maximum absolute atomic E-state index is 10.9. The number of hydrogen-bond donors (Lipinski definition) is 0. The number of aldehydes is 1. The zero-order valence-electron chi connectivity index (χ0n) is 9.59. The molecule has 9 heteroatoms. The summed E-state index contributed by atoms with van der Waals surface area (Å²) >= 11 is 18.4. The predicted octanol–water partition coefficient (Wildman–Crippen LogP) is 2.96. The van der Waals surface area contributed by atoms with Gasteiger partial charge in [-0.1, -0.05) is 34.8 Å². The van der Waals surface area contributed by atoms with Crippen molar-refractivity contribution in [1.82, 2.24) is 24.6 Å². The summed E-state index contributed by atoms with van der Waals surface area (Å²) in [4.78, 5) is 22.8. The molecule has 0 N–H and O–H groups in total. The molecule has 0 saturated heterocycles. The van der Waals surface area contributed by atoms with Crippen molar-refractivity contribution in [2.75, 3.05) is 0 Å². The number of carbonyl (C=O) groups is 1. The van der Waals surface area contributed by atoms with Crippen molar-refractivity contribution in [3.63, 3.8) is 0 Å². The molecule has 3 aromatic rings. The zero-order chi connectivity index (χ0) is 14.3. The van der Waals surface area contributed by atoms with Gasteiger partial charge < -0.3 is 0 Å². The molecule has 3 rings (SSSR count). The second kappa shape index (κ2) is 4.97. The van der Waals surface area contributed by atoms with Crippen LogP contribution in [-0.2, 0) is 0 Å². The van der Waals surface area contributed by atoms with E-state index in [2.05, 4.69) is 20.1 Å². The van der Waals surface area contributed by atoms with Gasteiger partial charge in [0.15, 0.2) is 11.9 Å². The Kier molecular flexibility index (Phi) is 3.29. The second-order valence-corrected chi connectivity index (χ2v) is 4.86. The minimum absolute atomic E-state index is 0.0756. The molecule has 3 heterocycles. The molecule has 0 aliphatic carbocycles. The van der Waals surface area contributed by atoms with Gasteiger partial charge in [-0.2, -0.15) is 5.10 Å². The molecule has 0 aliphatic heterocycles. The molecular weight excluding hydrogens is 325 g/mol. The molecule has 0 aliphatic rings. The molecule has 0 unspecified atom stereocenters. The molecule has 20 heavy (non-hydrogen) atoms. The summed E-state index contributed by atoms with van der Waals surface area (Å²) in [6.07, 6.45) is 4.71. The van der Waals surface area contributed by atoms with E-state index < -0.39 is 0 Å². The van der Waals surface area contributed by atoms with Crippen molar-refractivity contribution in [1.29, 1.82) is 0 Å². The standard InChI is InChI=1S/C11H4Cl3N5O/c12-6-2-15-4-16-8(6)7-9(13)18-11-5(3-20)1-17-19(11)10(7)14/h1-4H. The molecule has 0 spiro atoms. The Morgan fingerprint density at radius 2 is 2.00 bits per heavy atom. The third-order valence-corrected chi connectivity index (χ3v) is 3.50. The normalized spacial score (nSPS) is 10.9. The number of halogens is 3. The number of hydrogen-bond acceptors (Lipinski definition) is 5. The first-order valence-electron chi connectivity index (χ1n) is 5.27. The molecular formula is C11H4Cl3N5O. The van der Waals surface area contributed by atoms with Crippen molar-refractivity contribution < 1.29 is 4.79 Å². The third kappa shape index (κ3) is 1.93. The van der Waals surface area contributed by atoms with Crippen LogP contribution in [0, 0.1) is 0 Å². The van der Waals surface area contributed by atoms with Gasteiger partial charge in [0.05, 0.1) is 28.0 Å². The van der Waals surface area contributed by atoms with E-state index in [0.29, 0.717) is 17.5 Å². The van der Waals surface area contributed by atoms with Gasteiger partial charge in [-0.15, -0.1) is 0 Å². The molecule has 6 nitrogen and oxygen atoms in total. The summed E-state index contributed by atoms with van der Waals surface area (Å²) in [6.45, 7) is 0. The van der Waals surface area contributed by atoms with Crippen LogP contribution < -0.4 is 0 Å². The van der Waals surface area contributed by atoms with E-state index in [9.17, 15) is 4.79 Å². The minimum Gasteiger partial charge on any atom is -0.298 e. The van der Waals surface area contributed by atoms with Gasteiger partial charge in [0.1, 0.15) is 16.6 Å². The Morgan fingerprint density at radius 1 is 1.20 bits per heavy atom. The summed E-state index contributed by atoms with van der Waals surface area (Å²) in [5.74, 6) is 0. The topological polar surface area (TPSA) is 73.0 Å². The van der Waals surface area contributed by atoms with Crippen LogP contribution in [0.15, 0.2) is 18.7 Å². The summed E-state index contributed by atoms with van der Waals surface area (Å²) in [5, 5.41) is 4.51. The average Bonchev–Trinajstić information content (AvgIpc) is 2.84. The van der Waals surface area contributed by atoms with E-state index in [0.717, 1.165) is 0 Å². The van der Waals surface area contributed by atoms with Crippen molar-refractivity contribution in [3.8, 4) is 11.3 Å². The van der Waals surface area contributed by atoms with E-state index in [4.69, 9.17) is 34.8 Å². The Balaban J connectivity index is 2.38. The lowest BCUT2D eigenvalue weighted by Gasteiger charge is -2.08. The summed E-state index contributed by atoms with van der Waals surface area (Å²) in [7, 11) is 0. The molecule has 100 valence electrons. The predicted molar refractivity (Wildman–Crippen MR) is 74.4 cm³/mol. The molecule has 0 radical (unpaired) electrons. The SMILES string of the molecule is O=Cc1cnn2c(Cl)c(-c3ncncc3Cl)c(Cl)nc12. The lowest BCUT2D eigenvalue weighted by atomic mass is 10.2. The molecule has 0 aromatic carbocycles. The van der Waals surface area contributed by atoms with Crippen LogP contribution in [0.25, 0.3) is 16.9 Å². The van der Waals surface area contributed by atoms with Crippen LogP contribution in [0.1, 0.15) is 10.4 Å². The monoisotopic (exact) mass is 327 g/mol. The van der Waals surface area contributed by atoms with Gasteiger partial charge in [0.2, 0.25) is 0 Å². The lowest BCUT2D eigenvalue weighted by molar-refractivity contribution is 0.112. The van der Waals surface area contributed by atoms with Gasteiger partial charge in [-0.25, -0.2) is 19.5 Å². The first kappa shape index (κ1) is 13.2. The van der Waals surface area contributed by atoms with E-state index in [1.165, 1.54) is 23.2 Å². The Bertz CT molecular complexity index is 832. The number of carbonyl (C=O) groups excluding carboxylic acids is 1. The fourth-order valence-electron chi connectivity index (χ4n) is 1.73. The summed E-state index contributed by atoms with van der Waals surface area (Å²) in [5.41, 5.74) is 1.22. The number of aromatic nitrogens is 5. The maximum Gasteiger partial charge on any atom is 0.168 e. The van der Waals surface area contributed by atoms with Crippen molar-refractivity contribution in [2.24, 2.45) is 0 Å². The van der Waals surface area contributed by atoms with Crippen LogP contribution in [0.3, 0.4) is 0 Å². The molecule has 0 bridgehead atoms. The Labute approximate surface area is 127 Å². The number of nitrogens with zero attached hydrogens (tertiary/aromatic N) is 5. The smallest absolute Gasteiger partial charge is 0.168 e. The van der Waals surface area contributed by atoms with E-state index in [-0.39, 0.29) is 26.5 Å². The quantitative estimate of drug-likeness (QED) is 0.534. The molecule has 0 fully saturated rings. The van der Waals surface area contributed by atoms with E-state index in [1.54, 1.807) is 0 Å².